The summed E-state index contributed by atoms with van der Waals surface area (Å²) >= 11 is 0. The number of hydrogen-bond acceptors (Lipinski definition) is 6. The number of methoxy groups -OCH3 is 1. The summed E-state index contributed by atoms with van der Waals surface area (Å²) in [6.45, 7) is 4.03. The van der Waals surface area contributed by atoms with E-state index in [2.05, 4.69) is 10.1 Å². The van der Waals surface area contributed by atoms with Crippen LogP contribution in [0.4, 0.5) is 0 Å². The van der Waals surface area contributed by atoms with Gasteiger partial charge < -0.3 is 9.26 Å². The molecule has 0 spiro atoms. The summed E-state index contributed by atoms with van der Waals surface area (Å²) < 4.78 is 37.4. The van der Waals surface area contributed by atoms with Crippen LogP contribution in [0.2, 0.25) is 0 Å². The van der Waals surface area contributed by atoms with Gasteiger partial charge in [0.2, 0.25) is 21.7 Å². The van der Waals surface area contributed by atoms with Crippen molar-refractivity contribution in [2.75, 3.05) is 13.7 Å². The Kier molecular flexibility index (Phi) is 5.57. The zero-order chi connectivity index (χ0) is 19.4. The SMILES string of the molecule is CCN(Cc1nc(-c2ccc(C)cc2)no1)S(=O)(=O)c1ccc(OC)cc1. The molecule has 0 N–H and O–H groups in total. The number of sulfonamides is 1. The third kappa shape index (κ3) is 4.17. The number of nitrogens with zero attached hydrogens (tertiary/aromatic N) is 3. The lowest BCUT2D eigenvalue weighted by Crippen LogP contribution is -2.30. The Morgan fingerprint density at radius 1 is 1.07 bits per heavy atom. The lowest BCUT2D eigenvalue weighted by molar-refractivity contribution is 0.321. The first kappa shape index (κ1) is 19.1. The molecule has 0 atom stereocenters. The molecule has 7 nitrogen and oxygen atoms in total. The molecule has 2 aromatic carbocycles. The summed E-state index contributed by atoms with van der Waals surface area (Å²) in [6, 6.07) is 14.0. The molecule has 1 heterocycles. The van der Waals surface area contributed by atoms with Gasteiger partial charge in [-0.3, -0.25) is 0 Å². The van der Waals surface area contributed by atoms with Crippen LogP contribution < -0.4 is 4.74 Å². The van der Waals surface area contributed by atoms with Crippen molar-refractivity contribution >= 4 is 10.0 Å². The van der Waals surface area contributed by atoms with E-state index >= 15 is 0 Å². The fraction of sp³-hybridized carbons (Fsp3) is 0.263. The summed E-state index contributed by atoms with van der Waals surface area (Å²) in [4.78, 5) is 4.51. The largest absolute Gasteiger partial charge is 0.497 e. The fourth-order valence-electron chi connectivity index (χ4n) is 2.55. The Labute approximate surface area is 158 Å². The number of rotatable bonds is 7. The van der Waals surface area contributed by atoms with Crippen molar-refractivity contribution < 1.29 is 17.7 Å². The highest BCUT2D eigenvalue weighted by atomic mass is 32.2. The minimum atomic E-state index is -3.69. The van der Waals surface area contributed by atoms with Crippen molar-refractivity contribution in [1.82, 2.24) is 14.4 Å². The van der Waals surface area contributed by atoms with E-state index in [4.69, 9.17) is 9.26 Å². The summed E-state index contributed by atoms with van der Waals surface area (Å²) in [5, 5.41) is 3.96. The average molecular weight is 387 g/mol. The molecule has 0 fully saturated rings. The first-order chi connectivity index (χ1) is 12.9. The molecule has 0 aliphatic carbocycles. The monoisotopic (exact) mass is 387 g/mol. The second-order valence-corrected chi connectivity index (χ2v) is 7.92. The number of benzene rings is 2. The van der Waals surface area contributed by atoms with Gasteiger partial charge in [-0.2, -0.15) is 9.29 Å². The van der Waals surface area contributed by atoms with Crippen LogP contribution in [-0.4, -0.2) is 36.5 Å². The number of hydrogen-bond donors (Lipinski definition) is 0. The van der Waals surface area contributed by atoms with Gasteiger partial charge in [0.05, 0.1) is 18.6 Å². The first-order valence-electron chi connectivity index (χ1n) is 8.48. The summed E-state index contributed by atoms with van der Waals surface area (Å²) in [7, 11) is -2.15. The normalized spacial score (nSPS) is 11.7. The Balaban J connectivity index is 1.81. The van der Waals surface area contributed by atoms with Gasteiger partial charge in [0.15, 0.2) is 0 Å². The van der Waals surface area contributed by atoms with E-state index in [0.717, 1.165) is 11.1 Å². The zero-order valence-electron chi connectivity index (χ0n) is 15.4. The molecular weight excluding hydrogens is 366 g/mol. The Morgan fingerprint density at radius 2 is 1.74 bits per heavy atom. The fourth-order valence-corrected chi connectivity index (χ4v) is 3.95. The molecule has 0 radical (unpaired) electrons. The maximum atomic E-state index is 12.9. The molecule has 0 saturated heterocycles. The number of aromatic nitrogens is 2. The van der Waals surface area contributed by atoms with Crippen LogP contribution in [0.25, 0.3) is 11.4 Å². The van der Waals surface area contributed by atoms with Gasteiger partial charge in [-0.05, 0) is 31.2 Å². The quantitative estimate of drug-likeness (QED) is 0.618. The molecule has 0 aliphatic rings. The minimum Gasteiger partial charge on any atom is -0.497 e. The van der Waals surface area contributed by atoms with Gasteiger partial charge in [-0.1, -0.05) is 41.9 Å². The van der Waals surface area contributed by atoms with Crippen LogP contribution in [-0.2, 0) is 16.6 Å². The molecule has 142 valence electrons. The third-order valence-corrected chi connectivity index (χ3v) is 6.07. The summed E-state index contributed by atoms with van der Waals surface area (Å²) in [5.41, 5.74) is 1.95. The van der Waals surface area contributed by atoms with Crippen LogP contribution in [0.5, 0.6) is 5.75 Å². The van der Waals surface area contributed by atoms with Crippen molar-refractivity contribution in [2.24, 2.45) is 0 Å². The van der Waals surface area contributed by atoms with Crippen molar-refractivity contribution in [3.05, 3.63) is 60.0 Å². The summed E-state index contributed by atoms with van der Waals surface area (Å²) in [6.07, 6.45) is 0. The third-order valence-electron chi connectivity index (χ3n) is 4.14. The van der Waals surface area contributed by atoms with Crippen molar-refractivity contribution in [1.29, 1.82) is 0 Å². The highest BCUT2D eigenvalue weighted by Crippen LogP contribution is 2.22. The van der Waals surface area contributed by atoms with E-state index in [0.29, 0.717) is 11.6 Å². The van der Waals surface area contributed by atoms with Crippen LogP contribution in [0.1, 0.15) is 18.4 Å². The van der Waals surface area contributed by atoms with E-state index in [1.807, 2.05) is 31.2 Å². The molecule has 0 amide bonds. The molecule has 27 heavy (non-hydrogen) atoms. The minimum absolute atomic E-state index is 0.00369. The Morgan fingerprint density at radius 3 is 2.33 bits per heavy atom. The molecular formula is C19H21N3O4S. The molecule has 8 heteroatoms. The van der Waals surface area contributed by atoms with Gasteiger partial charge in [0, 0.05) is 12.1 Å². The van der Waals surface area contributed by atoms with Crippen molar-refractivity contribution in [3.8, 4) is 17.1 Å². The van der Waals surface area contributed by atoms with E-state index in [1.54, 1.807) is 19.1 Å². The van der Waals surface area contributed by atoms with E-state index in [1.165, 1.54) is 23.5 Å². The second-order valence-electron chi connectivity index (χ2n) is 5.98. The van der Waals surface area contributed by atoms with Gasteiger partial charge in [-0.15, -0.1) is 0 Å². The molecule has 0 aliphatic heterocycles. The van der Waals surface area contributed by atoms with Crippen LogP contribution >= 0.6 is 0 Å². The maximum absolute atomic E-state index is 12.9. The molecule has 0 unspecified atom stereocenters. The summed E-state index contributed by atoms with van der Waals surface area (Å²) in [5.74, 6) is 1.27. The van der Waals surface area contributed by atoms with Gasteiger partial charge in [0.1, 0.15) is 5.75 Å². The molecule has 3 aromatic rings. The van der Waals surface area contributed by atoms with Crippen LogP contribution in [0, 0.1) is 6.92 Å². The van der Waals surface area contributed by atoms with Crippen molar-refractivity contribution in [2.45, 2.75) is 25.3 Å². The van der Waals surface area contributed by atoms with Crippen LogP contribution in [0.15, 0.2) is 57.9 Å². The zero-order valence-corrected chi connectivity index (χ0v) is 16.2. The highest BCUT2D eigenvalue weighted by molar-refractivity contribution is 7.89. The Bertz CT molecular complexity index is 996. The molecule has 3 rings (SSSR count). The highest BCUT2D eigenvalue weighted by Gasteiger charge is 2.25. The van der Waals surface area contributed by atoms with E-state index in [9.17, 15) is 8.42 Å². The predicted octanol–water partition coefficient (Wildman–Crippen LogP) is 3.26. The molecule has 0 saturated carbocycles. The molecule has 1 aromatic heterocycles. The molecule has 0 bridgehead atoms. The van der Waals surface area contributed by atoms with Crippen molar-refractivity contribution in [3.63, 3.8) is 0 Å². The predicted molar refractivity (Wildman–Crippen MR) is 101 cm³/mol. The van der Waals surface area contributed by atoms with E-state index in [-0.39, 0.29) is 23.9 Å². The van der Waals surface area contributed by atoms with Gasteiger partial charge in [-0.25, -0.2) is 8.42 Å². The van der Waals surface area contributed by atoms with E-state index < -0.39 is 10.0 Å². The van der Waals surface area contributed by atoms with Gasteiger partial charge >= 0.3 is 0 Å². The average Bonchev–Trinajstić information content (AvgIpc) is 3.15. The first-order valence-corrected chi connectivity index (χ1v) is 9.92. The lowest BCUT2D eigenvalue weighted by Gasteiger charge is -2.18. The smallest absolute Gasteiger partial charge is 0.243 e. The topological polar surface area (TPSA) is 85.5 Å². The number of aryl methyl sites for hydroxylation is 1. The number of ether oxygens (including phenoxy) is 1. The van der Waals surface area contributed by atoms with Gasteiger partial charge in [0.25, 0.3) is 0 Å². The van der Waals surface area contributed by atoms with Crippen LogP contribution in [0.3, 0.4) is 0 Å². The lowest BCUT2D eigenvalue weighted by atomic mass is 10.1. The standard InChI is InChI=1S/C19H21N3O4S/c1-4-22(27(23,24)17-11-9-16(25-3)10-12-17)13-18-20-19(21-26-18)15-7-5-14(2)6-8-15/h5-12H,4,13H2,1-3H3. The Hall–Kier alpha value is -2.71. The second kappa shape index (κ2) is 7.89. The maximum Gasteiger partial charge on any atom is 0.243 e.